The molecule has 0 radical (unpaired) electrons. The number of sulfone groups is 1. The van der Waals surface area contributed by atoms with Crippen LogP contribution in [0.3, 0.4) is 0 Å². The molecule has 3 aromatic rings. The largest absolute Gasteiger partial charge is 0.494 e. The molecule has 2 N–H and O–H groups in total. The summed E-state index contributed by atoms with van der Waals surface area (Å²) in [5.74, 6) is -0.194. The van der Waals surface area contributed by atoms with E-state index in [-0.39, 0.29) is 29.5 Å². The van der Waals surface area contributed by atoms with Crippen LogP contribution in [0.1, 0.15) is 30.1 Å². The van der Waals surface area contributed by atoms with Crippen LogP contribution in [-0.2, 0) is 24.1 Å². The molecule has 5 rings (SSSR count). The van der Waals surface area contributed by atoms with Crippen molar-refractivity contribution in [1.29, 1.82) is 0 Å². The lowest BCUT2D eigenvalue weighted by Gasteiger charge is -2.32. The Labute approximate surface area is 273 Å². The van der Waals surface area contributed by atoms with Gasteiger partial charge in [-0.3, -0.25) is 9.69 Å². The summed E-state index contributed by atoms with van der Waals surface area (Å²) in [6, 6.07) is 21.7. The first-order valence-electron chi connectivity index (χ1n) is 15.5. The molecule has 1 fully saturated rings. The van der Waals surface area contributed by atoms with E-state index in [0.29, 0.717) is 56.2 Å². The van der Waals surface area contributed by atoms with Crippen molar-refractivity contribution >= 4 is 27.3 Å². The fourth-order valence-electron chi connectivity index (χ4n) is 5.54. The molecule has 1 saturated heterocycles. The maximum atomic E-state index is 14.4. The lowest BCUT2D eigenvalue weighted by Crippen LogP contribution is -2.51. The van der Waals surface area contributed by atoms with Crippen molar-refractivity contribution in [3.05, 3.63) is 100 Å². The zero-order chi connectivity index (χ0) is 33.1. The van der Waals surface area contributed by atoms with Crippen molar-refractivity contribution in [2.45, 2.75) is 29.4 Å². The number of carbonyl (C=O) groups is 1. The van der Waals surface area contributed by atoms with E-state index in [2.05, 4.69) is 20.2 Å². The van der Waals surface area contributed by atoms with Crippen LogP contribution in [0, 0.1) is 0 Å². The first-order valence-corrected chi connectivity index (χ1v) is 17.1. The van der Waals surface area contributed by atoms with E-state index in [1.807, 2.05) is 0 Å². The van der Waals surface area contributed by atoms with Gasteiger partial charge in [0.25, 0.3) is 5.91 Å². The zero-order valence-corrected chi connectivity index (χ0v) is 26.7. The van der Waals surface area contributed by atoms with Gasteiger partial charge in [-0.25, -0.2) is 13.4 Å². The van der Waals surface area contributed by atoms with Gasteiger partial charge in [-0.2, -0.15) is 0 Å². The Bertz CT molecular complexity index is 1690. The lowest BCUT2D eigenvalue weighted by atomic mass is 9.84. The average molecular weight is 663 g/mol. The first-order chi connectivity index (χ1) is 22.9. The number of amides is 1. The van der Waals surface area contributed by atoms with Gasteiger partial charge < -0.3 is 24.6 Å². The molecule has 13 nitrogen and oxygen atoms in total. The van der Waals surface area contributed by atoms with Crippen LogP contribution in [0.2, 0.25) is 0 Å². The highest BCUT2D eigenvalue weighted by molar-refractivity contribution is 7.91. The Balaban J connectivity index is 1.54. The highest BCUT2D eigenvalue weighted by atomic mass is 32.2. The molecule has 0 aromatic heterocycles. The SMILES string of the molecule is [N-]=[N+]=Nc1ccccc1[C@@H]1OC(c2ccc(OCCCO)cc2)=N[C@]1(CCS(=O)(=O)c1ccccc1)C(=O)NCCN1CCOCC1. The molecule has 14 heteroatoms. The van der Waals surface area contributed by atoms with Crippen molar-refractivity contribution in [1.82, 2.24) is 10.2 Å². The van der Waals surface area contributed by atoms with Crippen LogP contribution in [0.5, 0.6) is 5.75 Å². The molecule has 0 spiro atoms. The van der Waals surface area contributed by atoms with Gasteiger partial charge in [-0.05, 0) is 41.9 Å². The number of aliphatic hydroxyl groups is 1. The molecule has 2 heterocycles. The van der Waals surface area contributed by atoms with Crippen molar-refractivity contribution in [2.75, 3.05) is 58.4 Å². The van der Waals surface area contributed by atoms with Gasteiger partial charge in [0.05, 0.1) is 30.5 Å². The third-order valence-electron chi connectivity index (χ3n) is 8.07. The van der Waals surface area contributed by atoms with Gasteiger partial charge in [0.1, 0.15) is 5.75 Å². The van der Waals surface area contributed by atoms with Gasteiger partial charge >= 0.3 is 0 Å². The zero-order valence-electron chi connectivity index (χ0n) is 25.9. The Kier molecular flexibility index (Phi) is 11.5. The third kappa shape index (κ3) is 8.28. The number of azide groups is 1. The number of benzene rings is 3. The van der Waals surface area contributed by atoms with Gasteiger partial charge in [0.2, 0.25) is 5.90 Å². The van der Waals surface area contributed by atoms with Gasteiger partial charge in [-0.1, -0.05) is 47.6 Å². The summed E-state index contributed by atoms with van der Waals surface area (Å²) in [5, 5.41) is 15.9. The quantitative estimate of drug-likeness (QED) is 0.106. The van der Waals surface area contributed by atoms with Crippen molar-refractivity contribution < 1.29 is 32.5 Å². The molecule has 47 heavy (non-hydrogen) atoms. The van der Waals surface area contributed by atoms with E-state index in [9.17, 15) is 18.7 Å². The Morgan fingerprint density at radius 2 is 1.81 bits per heavy atom. The fourth-order valence-corrected chi connectivity index (χ4v) is 6.92. The number of carbonyl (C=O) groups excluding carboxylic acids is 1. The van der Waals surface area contributed by atoms with Crippen molar-refractivity contribution in [3.8, 4) is 5.75 Å². The standard InChI is InChI=1S/C33H38N6O7S/c34-38-37-29-10-5-4-9-28(29)30-33(15-24-47(42,43)27-7-2-1-3-8-27,32(41)35-16-17-39-18-22-44-23-19-39)36-31(46-30)25-11-13-26(14-12-25)45-21-6-20-40/h1-5,7-14,30,40H,6,15-24H2,(H,35,41)/t30-,33-/m0/s1. The van der Waals surface area contributed by atoms with Gasteiger partial charge in [0.15, 0.2) is 21.5 Å². The van der Waals surface area contributed by atoms with Crippen molar-refractivity contribution in [3.63, 3.8) is 0 Å². The Hall–Kier alpha value is -4.46. The molecule has 2 aliphatic heterocycles. The summed E-state index contributed by atoms with van der Waals surface area (Å²) in [6.07, 6.45) is -0.845. The number of aliphatic imine (C=N–C) groups is 1. The molecule has 3 aromatic carbocycles. The van der Waals surface area contributed by atoms with E-state index in [1.54, 1.807) is 66.7 Å². The van der Waals surface area contributed by atoms with E-state index >= 15 is 0 Å². The number of rotatable bonds is 15. The summed E-state index contributed by atoms with van der Waals surface area (Å²) < 4.78 is 44.7. The second kappa shape index (κ2) is 15.9. The second-order valence-electron chi connectivity index (χ2n) is 11.1. The minimum absolute atomic E-state index is 0.0119. The number of aliphatic hydroxyl groups excluding tert-OH is 1. The van der Waals surface area contributed by atoms with Gasteiger partial charge in [-0.15, -0.1) is 0 Å². The number of ether oxygens (including phenoxy) is 3. The van der Waals surface area contributed by atoms with Crippen LogP contribution in [-0.4, -0.2) is 94.1 Å². The topological polar surface area (TPSA) is 176 Å². The van der Waals surface area contributed by atoms with Gasteiger partial charge in [0, 0.05) is 67.4 Å². The predicted octanol–water partition coefficient (Wildman–Crippen LogP) is 3.96. The molecule has 248 valence electrons. The Morgan fingerprint density at radius 3 is 2.53 bits per heavy atom. The summed E-state index contributed by atoms with van der Waals surface area (Å²) in [5.41, 5.74) is 8.76. The molecule has 0 saturated carbocycles. The van der Waals surface area contributed by atoms with E-state index in [4.69, 9.17) is 24.3 Å². The minimum atomic E-state index is -3.83. The molecule has 2 aliphatic rings. The van der Waals surface area contributed by atoms with E-state index < -0.39 is 33.1 Å². The minimum Gasteiger partial charge on any atom is -0.494 e. The predicted molar refractivity (Wildman–Crippen MR) is 175 cm³/mol. The number of hydrogen-bond acceptors (Lipinski definition) is 10. The molecular formula is C33H38N6O7S. The molecule has 0 aliphatic carbocycles. The third-order valence-corrected chi connectivity index (χ3v) is 9.81. The maximum absolute atomic E-state index is 14.4. The fraction of sp³-hybridized carbons (Fsp3) is 0.394. The normalized spacial score (nSPS) is 19.7. The summed E-state index contributed by atoms with van der Waals surface area (Å²) in [7, 11) is -3.83. The van der Waals surface area contributed by atoms with Crippen LogP contribution in [0.25, 0.3) is 10.4 Å². The monoisotopic (exact) mass is 662 g/mol. The summed E-state index contributed by atoms with van der Waals surface area (Å²) >= 11 is 0. The Morgan fingerprint density at radius 1 is 1.09 bits per heavy atom. The molecular weight excluding hydrogens is 624 g/mol. The highest BCUT2D eigenvalue weighted by Gasteiger charge is 2.54. The van der Waals surface area contributed by atoms with Crippen LogP contribution in [0.4, 0.5) is 5.69 Å². The second-order valence-corrected chi connectivity index (χ2v) is 13.2. The number of nitrogens with zero attached hydrogens (tertiary/aromatic N) is 5. The first kappa shape index (κ1) is 33.9. The van der Waals surface area contributed by atoms with E-state index in [1.165, 1.54) is 12.1 Å². The van der Waals surface area contributed by atoms with Crippen molar-refractivity contribution in [2.24, 2.45) is 10.1 Å². The number of hydrogen-bond donors (Lipinski definition) is 2. The molecule has 0 bridgehead atoms. The smallest absolute Gasteiger partial charge is 0.252 e. The molecule has 2 atom stereocenters. The number of nitrogens with one attached hydrogen (secondary N) is 1. The van der Waals surface area contributed by atoms with Crippen LogP contribution < -0.4 is 10.1 Å². The highest BCUT2D eigenvalue weighted by Crippen LogP contribution is 2.45. The molecule has 1 amide bonds. The number of morpholine rings is 1. The molecule has 0 unspecified atom stereocenters. The van der Waals surface area contributed by atoms with Crippen LogP contribution in [0.15, 0.2) is 93.9 Å². The maximum Gasteiger partial charge on any atom is 0.252 e. The van der Waals surface area contributed by atoms with Crippen LogP contribution >= 0.6 is 0 Å². The summed E-state index contributed by atoms with van der Waals surface area (Å²) in [6.45, 7) is 3.92. The average Bonchev–Trinajstić information content (AvgIpc) is 3.50. The lowest BCUT2D eigenvalue weighted by molar-refractivity contribution is -0.129. The summed E-state index contributed by atoms with van der Waals surface area (Å²) in [4.78, 5) is 24.6. The van der Waals surface area contributed by atoms with E-state index in [0.717, 1.165) is 13.1 Å².